The second-order valence-electron chi connectivity index (χ2n) is 1.86. The Balaban J connectivity index is 0. The Morgan fingerprint density at radius 3 is 2.00 bits per heavy atom. The maximum absolute atomic E-state index is 9.45. The topological polar surface area (TPSA) is 55.1 Å². The van der Waals surface area contributed by atoms with Gasteiger partial charge in [0, 0.05) is 6.54 Å². The van der Waals surface area contributed by atoms with E-state index in [4.69, 9.17) is 5.73 Å². The van der Waals surface area contributed by atoms with Crippen LogP contribution in [0.1, 0.15) is 26.7 Å². The number of amides is 1. The molecule has 0 aromatic carbocycles. The Morgan fingerprint density at radius 2 is 1.90 bits per heavy atom. The molecule has 0 aromatic heterocycles. The third-order valence-electron chi connectivity index (χ3n) is 0.766. The summed E-state index contributed by atoms with van der Waals surface area (Å²) in [6, 6.07) is 0. The van der Waals surface area contributed by atoms with E-state index >= 15 is 0 Å². The van der Waals surface area contributed by atoms with E-state index < -0.39 is 0 Å². The summed E-state index contributed by atoms with van der Waals surface area (Å²) in [5, 5.41) is 2.52. The van der Waals surface area contributed by atoms with Crippen LogP contribution in [-0.4, -0.2) is 19.5 Å². The fraction of sp³-hybridized carbons (Fsp3) is 0.857. The number of rotatable bonds is 4. The number of hydrogen-bond donors (Lipinski definition) is 2. The minimum absolute atomic E-state index is 0.712. The monoisotopic (exact) mass is 146 g/mol. The highest BCUT2D eigenvalue weighted by molar-refractivity contribution is 5.45. The van der Waals surface area contributed by atoms with Crippen molar-refractivity contribution >= 4 is 6.41 Å². The van der Waals surface area contributed by atoms with Crippen LogP contribution >= 0.6 is 0 Å². The van der Waals surface area contributed by atoms with E-state index in [-0.39, 0.29) is 0 Å². The highest BCUT2D eigenvalue weighted by Gasteiger charge is 1.69. The third-order valence-corrected chi connectivity index (χ3v) is 0.766. The zero-order chi connectivity index (χ0) is 8.24. The molecule has 0 aliphatic carbocycles. The number of carbonyl (C=O) groups is 1. The van der Waals surface area contributed by atoms with Gasteiger partial charge >= 0.3 is 0 Å². The minimum Gasteiger partial charge on any atom is -0.359 e. The fourth-order valence-electron chi connectivity index (χ4n) is 0.203. The summed E-state index contributed by atoms with van der Waals surface area (Å²) in [5.41, 5.74) is 5.03. The average molecular weight is 146 g/mol. The van der Waals surface area contributed by atoms with Crippen LogP contribution in [0.15, 0.2) is 0 Å². The summed E-state index contributed by atoms with van der Waals surface area (Å²) in [7, 11) is 0. The summed E-state index contributed by atoms with van der Waals surface area (Å²) in [6.45, 7) is 5.68. The van der Waals surface area contributed by atoms with E-state index in [0.717, 1.165) is 25.9 Å². The molecule has 3 heteroatoms. The molecule has 0 aliphatic rings. The highest BCUT2D eigenvalue weighted by atomic mass is 16.1. The van der Waals surface area contributed by atoms with Crippen LogP contribution in [0, 0.1) is 0 Å². The molecule has 10 heavy (non-hydrogen) atoms. The van der Waals surface area contributed by atoms with Crippen molar-refractivity contribution in [3.05, 3.63) is 0 Å². The lowest BCUT2D eigenvalue weighted by Crippen LogP contribution is -2.10. The lowest BCUT2D eigenvalue weighted by Gasteiger charge is -1.86. The third kappa shape index (κ3) is 26.1. The van der Waals surface area contributed by atoms with Gasteiger partial charge in [-0.25, -0.2) is 0 Å². The molecule has 0 bridgehead atoms. The van der Waals surface area contributed by atoms with Crippen LogP contribution < -0.4 is 11.1 Å². The van der Waals surface area contributed by atoms with Crippen LogP contribution in [0.5, 0.6) is 0 Å². The van der Waals surface area contributed by atoms with E-state index in [1.807, 2.05) is 6.92 Å². The summed E-state index contributed by atoms with van der Waals surface area (Å²) in [6.07, 6.45) is 2.82. The van der Waals surface area contributed by atoms with Gasteiger partial charge in [-0.15, -0.1) is 0 Å². The van der Waals surface area contributed by atoms with Gasteiger partial charge in [0.15, 0.2) is 0 Å². The van der Waals surface area contributed by atoms with Crippen molar-refractivity contribution in [2.75, 3.05) is 13.1 Å². The highest BCUT2D eigenvalue weighted by Crippen LogP contribution is 1.63. The van der Waals surface area contributed by atoms with Crippen LogP contribution in [0.2, 0.25) is 0 Å². The Labute approximate surface area is 63.0 Å². The number of nitrogens with two attached hydrogens (primary N) is 1. The van der Waals surface area contributed by atoms with Crippen molar-refractivity contribution in [1.29, 1.82) is 0 Å². The first-order valence-corrected chi connectivity index (χ1v) is 3.70. The van der Waals surface area contributed by atoms with Crippen molar-refractivity contribution in [2.24, 2.45) is 5.73 Å². The van der Waals surface area contributed by atoms with Gasteiger partial charge < -0.3 is 11.1 Å². The molecule has 0 radical (unpaired) electrons. The van der Waals surface area contributed by atoms with Crippen LogP contribution in [0.4, 0.5) is 0 Å². The molecule has 1 amide bonds. The summed E-state index contributed by atoms with van der Waals surface area (Å²) >= 11 is 0. The summed E-state index contributed by atoms with van der Waals surface area (Å²) in [5.74, 6) is 0. The SMILES string of the molecule is CCCN.CCCNC=O. The lowest BCUT2D eigenvalue weighted by molar-refractivity contribution is -0.109. The Bertz CT molecular complexity index is 55.6. The van der Waals surface area contributed by atoms with E-state index in [2.05, 4.69) is 12.2 Å². The summed E-state index contributed by atoms with van der Waals surface area (Å²) < 4.78 is 0. The smallest absolute Gasteiger partial charge is 0.207 e. The van der Waals surface area contributed by atoms with E-state index in [1.54, 1.807) is 0 Å². The van der Waals surface area contributed by atoms with Crippen LogP contribution in [-0.2, 0) is 4.79 Å². The average Bonchev–Trinajstić information content (AvgIpc) is 2.01. The zero-order valence-electron chi connectivity index (χ0n) is 6.89. The maximum Gasteiger partial charge on any atom is 0.207 e. The van der Waals surface area contributed by atoms with Gasteiger partial charge in [-0.3, -0.25) is 4.79 Å². The van der Waals surface area contributed by atoms with Gasteiger partial charge in [0.2, 0.25) is 6.41 Å². The van der Waals surface area contributed by atoms with Crippen molar-refractivity contribution in [1.82, 2.24) is 5.32 Å². The molecule has 62 valence electrons. The molecule has 0 fully saturated rings. The summed E-state index contributed by atoms with van der Waals surface area (Å²) in [4.78, 5) is 9.45. The Morgan fingerprint density at radius 1 is 1.40 bits per heavy atom. The number of nitrogens with one attached hydrogen (secondary N) is 1. The molecule has 0 saturated carbocycles. The van der Waals surface area contributed by atoms with Gasteiger partial charge in [0.1, 0.15) is 0 Å². The first-order chi connectivity index (χ1) is 4.83. The Kier molecular flexibility index (Phi) is 19.2. The lowest BCUT2D eigenvalue weighted by atomic mass is 10.5. The molecular weight excluding hydrogens is 128 g/mol. The standard InChI is InChI=1S/C4H9NO.C3H9N/c1-2-3-5-4-6;1-2-3-4/h4H,2-3H2,1H3,(H,5,6);2-4H2,1H3. The number of hydrogen-bond acceptors (Lipinski definition) is 2. The van der Waals surface area contributed by atoms with E-state index in [0.29, 0.717) is 6.41 Å². The number of carbonyl (C=O) groups excluding carboxylic acids is 1. The molecule has 0 unspecified atom stereocenters. The quantitative estimate of drug-likeness (QED) is 0.448. The van der Waals surface area contributed by atoms with Gasteiger partial charge in [0.25, 0.3) is 0 Å². The van der Waals surface area contributed by atoms with Crippen molar-refractivity contribution in [3.8, 4) is 0 Å². The van der Waals surface area contributed by atoms with E-state index in [9.17, 15) is 4.79 Å². The van der Waals surface area contributed by atoms with Gasteiger partial charge in [-0.1, -0.05) is 13.8 Å². The normalized spacial score (nSPS) is 7.50. The first-order valence-electron chi connectivity index (χ1n) is 3.70. The largest absolute Gasteiger partial charge is 0.359 e. The zero-order valence-corrected chi connectivity index (χ0v) is 6.89. The molecular formula is C7H18N2O. The predicted molar refractivity (Wildman–Crippen MR) is 43.7 cm³/mol. The second-order valence-corrected chi connectivity index (χ2v) is 1.86. The molecule has 0 spiro atoms. The van der Waals surface area contributed by atoms with Crippen molar-refractivity contribution < 1.29 is 4.79 Å². The Hall–Kier alpha value is -0.570. The molecule has 0 rings (SSSR count). The molecule has 0 saturated heterocycles. The van der Waals surface area contributed by atoms with E-state index in [1.165, 1.54) is 0 Å². The second kappa shape index (κ2) is 15.8. The molecule has 3 nitrogen and oxygen atoms in total. The first kappa shape index (κ1) is 12.1. The van der Waals surface area contributed by atoms with Gasteiger partial charge in [0.05, 0.1) is 0 Å². The fourth-order valence-corrected chi connectivity index (χ4v) is 0.203. The molecule has 0 heterocycles. The minimum atomic E-state index is 0.712. The van der Waals surface area contributed by atoms with Crippen LogP contribution in [0.3, 0.4) is 0 Å². The van der Waals surface area contributed by atoms with Crippen molar-refractivity contribution in [3.63, 3.8) is 0 Å². The van der Waals surface area contributed by atoms with Crippen molar-refractivity contribution in [2.45, 2.75) is 26.7 Å². The van der Waals surface area contributed by atoms with Gasteiger partial charge in [-0.05, 0) is 19.4 Å². The van der Waals surface area contributed by atoms with Gasteiger partial charge in [-0.2, -0.15) is 0 Å². The molecule has 3 N–H and O–H groups in total. The van der Waals surface area contributed by atoms with Crippen LogP contribution in [0.25, 0.3) is 0 Å². The predicted octanol–water partition coefficient (Wildman–Crippen LogP) is 0.497. The maximum atomic E-state index is 9.45. The molecule has 0 aromatic rings. The molecule has 0 aliphatic heterocycles. The molecule has 0 atom stereocenters.